The standard InChI is InChI=1S/C73H126O6/c1-4-7-10-13-16-19-22-25-27-28-29-30-31-32-33-34-35-36-37-38-39-40-41-42-43-44-46-48-51-54-57-60-63-66-72(75)78-69-70(68-77-71(74)65-62-59-56-53-50-47-24-21-18-15-12-9-6-3)79-73(76)67-64-61-58-55-52-49-45-26-23-20-17-14-11-8-5-2/h7,9-10,12,16,18-19,21,25-27,29-30,45,47,50,70H,4-6,8,11,13-15,17,20,22-24,28,31-44,46,48-49,51-69H2,1-3H3/b10-7-,12-9-,19-16-,21-18-,27-25-,30-29-,45-26-,50-47-. The summed E-state index contributed by atoms with van der Waals surface area (Å²) in [6.07, 6.45) is 90.2. The first-order valence-electron chi connectivity index (χ1n) is 33.7. The third kappa shape index (κ3) is 65.0. The predicted molar refractivity (Wildman–Crippen MR) is 344 cm³/mol. The number of hydrogen-bond donors (Lipinski definition) is 0. The minimum Gasteiger partial charge on any atom is -0.462 e. The van der Waals surface area contributed by atoms with E-state index in [1.165, 1.54) is 167 Å². The van der Waals surface area contributed by atoms with Gasteiger partial charge in [-0.25, -0.2) is 0 Å². The summed E-state index contributed by atoms with van der Waals surface area (Å²) in [6.45, 7) is 6.40. The van der Waals surface area contributed by atoms with Crippen molar-refractivity contribution in [2.45, 2.75) is 335 Å². The zero-order valence-electron chi connectivity index (χ0n) is 52.1. The van der Waals surface area contributed by atoms with Crippen molar-refractivity contribution in [2.24, 2.45) is 0 Å². The summed E-state index contributed by atoms with van der Waals surface area (Å²) >= 11 is 0. The minimum atomic E-state index is -0.792. The molecule has 0 spiro atoms. The molecule has 0 saturated carbocycles. The topological polar surface area (TPSA) is 78.9 Å². The van der Waals surface area contributed by atoms with Gasteiger partial charge in [0.1, 0.15) is 13.2 Å². The van der Waals surface area contributed by atoms with Gasteiger partial charge in [-0.05, 0) is 116 Å². The fraction of sp³-hybridized carbons (Fsp3) is 0.740. The van der Waals surface area contributed by atoms with E-state index in [0.717, 1.165) is 122 Å². The largest absolute Gasteiger partial charge is 0.462 e. The first-order valence-corrected chi connectivity index (χ1v) is 33.7. The molecule has 6 nitrogen and oxygen atoms in total. The van der Waals surface area contributed by atoms with Crippen molar-refractivity contribution in [2.75, 3.05) is 13.2 Å². The van der Waals surface area contributed by atoms with E-state index in [4.69, 9.17) is 14.2 Å². The summed E-state index contributed by atoms with van der Waals surface area (Å²) in [5, 5.41) is 0. The fourth-order valence-corrected chi connectivity index (χ4v) is 9.56. The van der Waals surface area contributed by atoms with E-state index in [1.54, 1.807) is 0 Å². The van der Waals surface area contributed by atoms with Gasteiger partial charge in [-0.1, -0.05) is 291 Å². The van der Waals surface area contributed by atoms with E-state index >= 15 is 0 Å². The van der Waals surface area contributed by atoms with Crippen molar-refractivity contribution in [3.05, 3.63) is 97.2 Å². The molecule has 1 unspecified atom stereocenters. The first-order chi connectivity index (χ1) is 39.0. The Balaban J connectivity index is 4.14. The van der Waals surface area contributed by atoms with E-state index in [2.05, 4.69) is 118 Å². The maximum Gasteiger partial charge on any atom is 0.306 e. The van der Waals surface area contributed by atoms with Gasteiger partial charge < -0.3 is 14.2 Å². The second-order valence-electron chi connectivity index (χ2n) is 22.3. The number of esters is 3. The highest BCUT2D eigenvalue weighted by Gasteiger charge is 2.19. The number of allylic oxidation sites excluding steroid dienone is 16. The third-order valence-corrected chi connectivity index (χ3v) is 14.6. The highest BCUT2D eigenvalue weighted by Crippen LogP contribution is 2.17. The molecule has 454 valence electrons. The van der Waals surface area contributed by atoms with Gasteiger partial charge in [-0.2, -0.15) is 0 Å². The molecule has 0 aliphatic heterocycles. The third-order valence-electron chi connectivity index (χ3n) is 14.6. The number of hydrogen-bond acceptors (Lipinski definition) is 6. The van der Waals surface area contributed by atoms with Crippen molar-refractivity contribution < 1.29 is 28.6 Å². The van der Waals surface area contributed by atoms with E-state index in [0.29, 0.717) is 19.3 Å². The molecule has 79 heavy (non-hydrogen) atoms. The summed E-state index contributed by atoms with van der Waals surface area (Å²) in [6, 6.07) is 0. The van der Waals surface area contributed by atoms with E-state index in [1.807, 2.05) is 0 Å². The molecular formula is C73H126O6. The van der Waals surface area contributed by atoms with Gasteiger partial charge in [0.05, 0.1) is 0 Å². The van der Waals surface area contributed by atoms with Crippen LogP contribution in [0.4, 0.5) is 0 Å². The Morgan fingerprint density at radius 1 is 0.266 bits per heavy atom. The Bertz CT molecular complexity index is 1540. The molecule has 0 fully saturated rings. The SMILES string of the molecule is CC/C=C\C/C=C\C/C=C\C/C=C\CCCCCCCCCCCCCCCCCCCCCCC(=O)OCC(COC(=O)CCCCC/C=C\C/C=C\C/C=C\CC)OC(=O)CCCCCCC/C=C\CCCCCCCC. The molecule has 0 rings (SSSR count). The average molecular weight is 1100 g/mol. The van der Waals surface area contributed by atoms with Crippen LogP contribution in [0.5, 0.6) is 0 Å². The van der Waals surface area contributed by atoms with Gasteiger partial charge in [-0.3, -0.25) is 14.4 Å². The van der Waals surface area contributed by atoms with Gasteiger partial charge in [0.15, 0.2) is 6.10 Å². The van der Waals surface area contributed by atoms with Gasteiger partial charge >= 0.3 is 17.9 Å². The van der Waals surface area contributed by atoms with Crippen LogP contribution in [0, 0.1) is 0 Å². The average Bonchev–Trinajstić information content (AvgIpc) is 3.45. The zero-order chi connectivity index (χ0) is 57.1. The fourth-order valence-electron chi connectivity index (χ4n) is 9.56. The van der Waals surface area contributed by atoms with Crippen LogP contribution in [-0.2, 0) is 28.6 Å². The highest BCUT2D eigenvalue weighted by atomic mass is 16.6. The molecule has 0 aromatic heterocycles. The molecule has 0 aliphatic carbocycles. The van der Waals surface area contributed by atoms with Crippen LogP contribution < -0.4 is 0 Å². The number of unbranched alkanes of at least 4 members (excludes halogenated alkanes) is 34. The van der Waals surface area contributed by atoms with Crippen LogP contribution in [0.25, 0.3) is 0 Å². The Morgan fingerprint density at radius 2 is 0.494 bits per heavy atom. The van der Waals surface area contributed by atoms with Crippen LogP contribution >= 0.6 is 0 Å². The molecule has 0 aromatic carbocycles. The highest BCUT2D eigenvalue weighted by molar-refractivity contribution is 5.71. The quantitative estimate of drug-likeness (QED) is 0.0261. The second kappa shape index (κ2) is 66.8. The summed E-state index contributed by atoms with van der Waals surface area (Å²) in [5.41, 5.74) is 0. The van der Waals surface area contributed by atoms with Crippen LogP contribution in [0.15, 0.2) is 97.2 Å². The van der Waals surface area contributed by atoms with Gasteiger partial charge in [-0.15, -0.1) is 0 Å². The van der Waals surface area contributed by atoms with Gasteiger partial charge in [0.2, 0.25) is 0 Å². The van der Waals surface area contributed by atoms with E-state index < -0.39 is 6.10 Å². The maximum absolute atomic E-state index is 12.9. The number of carbonyl (C=O) groups is 3. The van der Waals surface area contributed by atoms with E-state index in [9.17, 15) is 14.4 Å². The molecule has 0 saturated heterocycles. The Morgan fingerprint density at radius 3 is 0.797 bits per heavy atom. The normalized spacial score (nSPS) is 12.7. The van der Waals surface area contributed by atoms with Crippen molar-refractivity contribution in [1.82, 2.24) is 0 Å². The molecule has 0 N–H and O–H groups in total. The lowest BCUT2D eigenvalue weighted by atomic mass is 10.0. The van der Waals surface area contributed by atoms with Crippen molar-refractivity contribution in [3.8, 4) is 0 Å². The molecule has 1 atom stereocenters. The second-order valence-corrected chi connectivity index (χ2v) is 22.3. The lowest BCUT2D eigenvalue weighted by molar-refractivity contribution is -0.167. The lowest BCUT2D eigenvalue weighted by Crippen LogP contribution is -2.30. The molecule has 0 amide bonds. The Labute approximate surface area is 489 Å². The van der Waals surface area contributed by atoms with Crippen molar-refractivity contribution >= 4 is 17.9 Å². The molecule has 6 heteroatoms. The van der Waals surface area contributed by atoms with E-state index in [-0.39, 0.29) is 31.1 Å². The number of carbonyl (C=O) groups excluding carboxylic acids is 3. The zero-order valence-corrected chi connectivity index (χ0v) is 52.1. The first kappa shape index (κ1) is 75.3. The molecule has 0 heterocycles. The van der Waals surface area contributed by atoms with Crippen molar-refractivity contribution in [1.29, 1.82) is 0 Å². The predicted octanol–water partition coefficient (Wildman–Crippen LogP) is 23.2. The monoisotopic (exact) mass is 1100 g/mol. The number of rotatable bonds is 61. The molecular weight excluding hydrogens is 973 g/mol. The number of ether oxygens (including phenoxy) is 3. The lowest BCUT2D eigenvalue weighted by Gasteiger charge is -2.18. The summed E-state index contributed by atoms with van der Waals surface area (Å²) < 4.78 is 16.9. The molecule has 0 bridgehead atoms. The van der Waals surface area contributed by atoms with Gasteiger partial charge in [0.25, 0.3) is 0 Å². The summed E-state index contributed by atoms with van der Waals surface area (Å²) in [4.78, 5) is 38.3. The van der Waals surface area contributed by atoms with Crippen LogP contribution in [0.2, 0.25) is 0 Å². The Hall–Kier alpha value is -3.67. The maximum atomic E-state index is 12.9. The molecule has 0 aliphatic rings. The van der Waals surface area contributed by atoms with Crippen LogP contribution in [0.3, 0.4) is 0 Å². The van der Waals surface area contributed by atoms with Crippen LogP contribution in [-0.4, -0.2) is 37.2 Å². The van der Waals surface area contributed by atoms with Crippen molar-refractivity contribution in [3.63, 3.8) is 0 Å². The molecule has 0 aromatic rings. The summed E-state index contributed by atoms with van der Waals surface area (Å²) in [7, 11) is 0. The summed E-state index contributed by atoms with van der Waals surface area (Å²) in [5.74, 6) is -0.913. The minimum absolute atomic E-state index is 0.0868. The van der Waals surface area contributed by atoms with Crippen LogP contribution in [0.1, 0.15) is 329 Å². The van der Waals surface area contributed by atoms with Gasteiger partial charge in [0, 0.05) is 19.3 Å². The Kier molecular flexibility index (Phi) is 63.7. The molecule has 0 radical (unpaired) electrons. The smallest absolute Gasteiger partial charge is 0.306 e.